The van der Waals surface area contributed by atoms with E-state index in [9.17, 15) is 0 Å². The third-order valence-corrected chi connectivity index (χ3v) is 5.94. The number of nitrogens with zero attached hydrogens (tertiary/aromatic N) is 4. The summed E-state index contributed by atoms with van der Waals surface area (Å²) in [6.45, 7) is 3.28. The predicted octanol–water partition coefficient (Wildman–Crippen LogP) is 5.00. The van der Waals surface area contributed by atoms with Crippen molar-refractivity contribution in [2.45, 2.75) is 19.4 Å². The Morgan fingerprint density at radius 1 is 1.06 bits per heavy atom. The van der Waals surface area contributed by atoms with Crippen molar-refractivity contribution in [3.8, 4) is 33.3 Å². The third-order valence-electron chi connectivity index (χ3n) is 5.06. The lowest BCUT2D eigenvalue weighted by atomic mass is 10.0. The average molecular weight is 432 g/mol. The van der Waals surface area contributed by atoms with E-state index in [2.05, 4.69) is 39.3 Å². The molecule has 0 amide bonds. The van der Waals surface area contributed by atoms with Crippen LogP contribution in [0.25, 0.3) is 21.8 Å². The quantitative estimate of drug-likeness (QED) is 0.460. The molecule has 0 radical (unpaired) electrons. The van der Waals surface area contributed by atoms with Gasteiger partial charge in [0.1, 0.15) is 13.2 Å². The SMILES string of the molecule is CCC(Nc1ncc(-c2cnccn2)c(-c2cccs2)n1)c1ccc2c(c1)OCCO2. The van der Waals surface area contributed by atoms with Gasteiger partial charge in [-0.15, -0.1) is 11.3 Å². The van der Waals surface area contributed by atoms with Crippen LogP contribution in [0.15, 0.2) is 60.5 Å². The minimum absolute atomic E-state index is 0.0365. The molecule has 0 spiro atoms. The molecule has 1 unspecified atom stereocenters. The summed E-state index contributed by atoms with van der Waals surface area (Å²) in [6.07, 6.45) is 7.74. The summed E-state index contributed by atoms with van der Waals surface area (Å²) in [5.74, 6) is 2.13. The molecule has 1 aliphatic heterocycles. The van der Waals surface area contributed by atoms with Gasteiger partial charge in [-0.05, 0) is 35.6 Å². The van der Waals surface area contributed by atoms with E-state index in [0.717, 1.165) is 45.3 Å². The molecular formula is C23H21N5O2S. The highest BCUT2D eigenvalue weighted by Crippen LogP contribution is 2.35. The lowest BCUT2D eigenvalue weighted by Crippen LogP contribution is -2.17. The Morgan fingerprint density at radius 3 is 2.74 bits per heavy atom. The van der Waals surface area contributed by atoms with Gasteiger partial charge in [-0.2, -0.15) is 0 Å². The normalized spacial score (nSPS) is 13.6. The van der Waals surface area contributed by atoms with Crippen molar-refractivity contribution in [1.29, 1.82) is 0 Å². The molecule has 0 bridgehead atoms. The highest BCUT2D eigenvalue weighted by molar-refractivity contribution is 7.13. The number of benzene rings is 1. The van der Waals surface area contributed by atoms with Crippen molar-refractivity contribution in [3.63, 3.8) is 0 Å². The lowest BCUT2D eigenvalue weighted by Gasteiger charge is -2.22. The van der Waals surface area contributed by atoms with Crippen LogP contribution < -0.4 is 14.8 Å². The highest BCUT2D eigenvalue weighted by atomic mass is 32.1. The van der Waals surface area contributed by atoms with Gasteiger partial charge in [-0.3, -0.25) is 9.97 Å². The van der Waals surface area contributed by atoms with Crippen LogP contribution in [0.1, 0.15) is 24.9 Å². The number of hydrogen-bond acceptors (Lipinski definition) is 8. The highest BCUT2D eigenvalue weighted by Gasteiger charge is 2.19. The Hall–Kier alpha value is -3.52. The first-order chi connectivity index (χ1) is 15.3. The number of thiophene rings is 1. The van der Waals surface area contributed by atoms with Crippen LogP contribution in [0, 0.1) is 0 Å². The van der Waals surface area contributed by atoms with E-state index in [1.807, 2.05) is 29.8 Å². The van der Waals surface area contributed by atoms with Crippen LogP contribution >= 0.6 is 11.3 Å². The van der Waals surface area contributed by atoms with E-state index in [4.69, 9.17) is 14.5 Å². The van der Waals surface area contributed by atoms with E-state index >= 15 is 0 Å². The van der Waals surface area contributed by atoms with Gasteiger partial charge < -0.3 is 14.8 Å². The number of anilines is 1. The fraction of sp³-hybridized carbons (Fsp3) is 0.217. The summed E-state index contributed by atoms with van der Waals surface area (Å²) < 4.78 is 11.4. The minimum Gasteiger partial charge on any atom is -0.486 e. The average Bonchev–Trinajstić information content (AvgIpc) is 3.38. The van der Waals surface area contributed by atoms with Crippen molar-refractivity contribution in [1.82, 2.24) is 19.9 Å². The number of ether oxygens (including phenoxy) is 2. The summed E-state index contributed by atoms with van der Waals surface area (Å²) in [5, 5.41) is 5.52. The molecule has 1 aliphatic rings. The van der Waals surface area contributed by atoms with Crippen LogP contribution in [-0.2, 0) is 0 Å². The molecule has 31 heavy (non-hydrogen) atoms. The van der Waals surface area contributed by atoms with E-state index in [0.29, 0.717) is 19.2 Å². The zero-order chi connectivity index (χ0) is 21.0. The van der Waals surface area contributed by atoms with E-state index in [1.165, 1.54) is 0 Å². The molecule has 4 heterocycles. The maximum absolute atomic E-state index is 5.75. The Balaban J connectivity index is 1.48. The molecule has 1 atom stereocenters. The van der Waals surface area contributed by atoms with Crippen molar-refractivity contribution >= 4 is 17.3 Å². The van der Waals surface area contributed by atoms with Crippen LogP contribution in [0.2, 0.25) is 0 Å². The predicted molar refractivity (Wildman–Crippen MR) is 120 cm³/mol. The second-order valence-corrected chi connectivity index (χ2v) is 7.98. The maximum Gasteiger partial charge on any atom is 0.223 e. The number of aromatic nitrogens is 4. The van der Waals surface area contributed by atoms with Crippen molar-refractivity contribution in [2.24, 2.45) is 0 Å². The second-order valence-electron chi connectivity index (χ2n) is 7.03. The summed E-state index contributed by atoms with van der Waals surface area (Å²) in [4.78, 5) is 19.1. The summed E-state index contributed by atoms with van der Waals surface area (Å²) >= 11 is 1.63. The Morgan fingerprint density at radius 2 is 1.97 bits per heavy atom. The zero-order valence-corrected chi connectivity index (χ0v) is 17.8. The van der Waals surface area contributed by atoms with Gasteiger partial charge in [0.25, 0.3) is 0 Å². The Kier molecular flexibility index (Phi) is 5.45. The largest absolute Gasteiger partial charge is 0.486 e. The number of fused-ring (bicyclic) bond motifs is 1. The zero-order valence-electron chi connectivity index (χ0n) is 17.0. The smallest absolute Gasteiger partial charge is 0.223 e. The fourth-order valence-electron chi connectivity index (χ4n) is 3.53. The van der Waals surface area contributed by atoms with E-state index in [-0.39, 0.29) is 6.04 Å². The summed E-state index contributed by atoms with van der Waals surface area (Å²) in [7, 11) is 0. The van der Waals surface area contributed by atoms with Gasteiger partial charge in [0.05, 0.1) is 28.5 Å². The van der Waals surface area contributed by atoms with Crippen molar-refractivity contribution < 1.29 is 9.47 Å². The van der Waals surface area contributed by atoms with Gasteiger partial charge in [0.2, 0.25) is 5.95 Å². The van der Waals surface area contributed by atoms with Crippen LogP contribution in [0.5, 0.6) is 11.5 Å². The van der Waals surface area contributed by atoms with Gasteiger partial charge in [0.15, 0.2) is 11.5 Å². The Bertz CT molecular complexity index is 1170. The third kappa shape index (κ3) is 4.06. The summed E-state index contributed by atoms with van der Waals surface area (Å²) in [6, 6.07) is 10.2. The molecular weight excluding hydrogens is 410 g/mol. The molecule has 1 aromatic carbocycles. The topological polar surface area (TPSA) is 82.1 Å². The lowest BCUT2D eigenvalue weighted by molar-refractivity contribution is 0.171. The molecule has 156 valence electrons. The van der Waals surface area contributed by atoms with E-state index < -0.39 is 0 Å². The standard InChI is InChI=1S/C23H21N5O2S/c1-2-17(15-5-6-19-20(12-15)30-10-9-29-19)27-23-26-13-16(18-14-24-7-8-25-18)22(28-23)21-4-3-11-31-21/h3-8,11-14,17H,2,9-10H2,1H3,(H,26,27,28). The van der Waals surface area contributed by atoms with Crippen molar-refractivity contribution in [2.75, 3.05) is 18.5 Å². The molecule has 5 rings (SSSR count). The number of rotatable bonds is 6. The Labute approximate surface area is 184 Å². The molecule has 1 N–H and O–H groups in total. The van der Waals surface area contributed by atoms with Crippen LogP contribution in [0.4, 0.5) is 5.95 Å². The first-order valence-corrected chi connectivity index (χ1v) is 11.0. The maximum atomic E-state index is 5.75. The molecule has 3 aromatic heterocycles. The first kappa shape index (κ1) is 19.4. The number of nitrogens with one attached hydrogen (secondary N) is 1. The first-order valence-electron chi connectivity index (χ1n) is 10.1. The van der Waals surface area contributed by atoms with Gasteiger partial charge >= 0.3 is 0 Å². The molecule has 0 fully saturated rings. The second kappa shape index (κ2) is 8.69. The number of hydrogen-bond donors (Lipinski definition) is 1. The van der Waals surface area contributed by atoms with Gasteiger partial charge in [-0.25, -0.2) is 9.97 Å². The minimum atomic E-state index is 0.0365. The summed E-state index contributed by atoms with van der Waals surface area (Å²) in [5.41, 5.74) is 3.54. The molecule has 0 saturated carbocycles. The molecule has 0 saturated heterocycles. The molecule has 7 nitrogen and oxygen atoms in total. The molecule has 0 aliphatic carbocycles. The monoisotopic (exact) mass is 431 g/mol. The molecule has 8 heteroatoms. The fourth-order valence-corrected chi connectivity index (χ4v) is 4.26. The van der Waals surface area contributed by atoms with Crippen LogP contribution in [0.3, 0.4) is 0 Å². The van der Waals surface area contributed by atoms with Gasteiger partial charge in [-0.1, -0.05) is 19.1 Å². The molecule has 4 aromatic rings. The van der Waals surface area contributed by atoms with Gasteiger partial charge in [0, 0.05) is 24.2 Å². The van der Waals surface area contributed by atoms with Crippen LogP contribution in [-0.4, -0.2) is 33.1 Å². The van der Waals surface area contributed by atoms with E-state index in [1.54, 1.807) is 29.9 Å². The van der Waals surface area contributed by atoms with Crippen molar-refractivity contribution in [3.05, 3.63) is 66.1 Å².